The van der Waals surface area contributed by atoms with Gasteiger partial charge in [0, 0.05) is 5.41 Å². The molecule has 1 aromatic carbocycles. The number of hydrogen-bond acceptors (Lipinski definition) is 4. The molecule has 18 heavy (non-hydrogen) atoms. The van der Waals surface area contributed by atoms with E-state index in [-0.39, 0.29) is 5.41 Å². The Balaban J connectivity index is 2.25. The fourth-order valence-electron chi connectivity index (χ4n) is 1.72. The van der Waals surface area contributed by atoms with Crippen LogP contribution >= 0.6 is 7.60 Å². The maximum absolute atomic E-state index is 12.6. The molecule has 0 aliphatic carbocycles. The first-order valence-corrected chi connectivity index (χ1v) is 7.41. The summed E-state index contributed by atoms with van der Waals surface area (Å²) in [4.78, 5) is 0. The molecule has 0 spiro atoms. The van der Waals surface area contributed by atoms with Gasteiger partial charge < -0.3 is 9.05 Å². The Labute approximate surface area is 107 Å². The molecule has 1 aromatic rings. The summed E-state index contributed by atoms with van der Waals surface area (Å²) in [5.74, 6) is 0. The van der Waals surface area contributed by atoms with E-state index in [1.807, 2.05) is 26.0 Å². The highest BCUT2D eigenvalue weighted by Gasteiger charge is 2.43. The molecular weight excluding hydrogens is 249 g/mol. The van der Waals surface area contributed by atoms with Crippen LogP contribution < -0.4 is 0 Å². The van der Waals surface area contributed by atoms with E-state index in [2.05, 4.69) is 0 Å². The van der Waals surface area contributed by atoms with Gasteiger partial charge in [-0.1, -0.05) is 44.2 Å². The van der Waals surface area contributed by atoms with Crippen LogP contribution in [0.3, 0.4) is 0 Å². The van der Waals surface area contributed by atoms with Crippen molar-refractivity contribution < 1.29 is 13.6 Å². The minimum Gasteiger partial charge on any atom is -0.307 e. The Morgan fingerprint density at radius 3 is 2.33 bits per heavy atom. The summed E-state index contributed by atoms with van der Waals surface area (Å²) in [6, 6.07) is 11.0. The lowest BCUT2D eigenvalue weighted by molar-refractivity contribution is 0.0396. The van der Waals surface area contributed by atoms with Crippen LogP contribution in [0.4, 0.5) is 0 Å². The molecule has 0 radical (unpaired) electrons. The van der Waals surface area contributed by atoms with Gasteiger partial charge in [-0.15, -0.1) is 0 Å². The second-order valence-electron chi connectivity index (χ2n) is 5.19. The highest BCUT2D eigenvalue weighted by atomic mass is 31.2. The standard InChI is InChI=1S/C13H16NO3P/c1-13(2)9-16-18(15,17-10-13)12(8-14)11-6-4-3-5-7-11/h3-7,12H,9-10H2,1-2H3/t12-/m1/s1. The van der Waals surface area contributed by atoms with Crippen LogP contribution in [0.2, 0.25) is 0 Å². The third-order valence-electron chi connectivity index (χ3n) is 2.82. The summed E-state index contributed by atoms with van der Waals surface area (Å²) in [6.07, 6.45) is 0. The van der Waals surface area contributed by atoms with E-state index in [0.29, 0.717) is 18.8 Å². The van der Waals surface area contributed by atoms with Crippen molar-refractivity contribution in [2.24, 2.45) is 5.41 Å². The first-order valence-electron chi connectivity index (χ1n) is 5.80. The number of rotatable bonds is 2. The SMILES string of the molecule is CC1(C)COP(=O)([C@H](C#N)c2ccccc2)OC1. The minimum absolute atomic E-state index is 0.162. The van der Waals surface area contributed by atoms with Crippen molar-refractivity contribution in [2.45, 2.75) is 19.5 Å². The zero-order chi connectivity index (χ0) is 13.2. The molecule has 1 aliphatic rings. The first kappa shape index (κ1) is 13.3. The van der Waals surface area contributed by atoms with E-state index in [0.717, 1.165) is 0 Å². The van der Waals surface area contributed by atoms with Gasteiger partial charge in [0.1, 0.15) is 0 Å². The molecule has 1 fully saturated rings. The van der Waals surface area contributed by atoms with Gasteiger partial charge in [-0.3, -0.25) is 4.57 Å². The summed E-state index contributed by atoms with van der Waals surface area (Å²) in [5.41, 5.74) is -0.345. The lowest BCUT2D eigenvalue weighted by atomic mass is 9.97. The molecule has 0 saturated carbocycles. The number of hydrogen-bond donors (Lipinski definition) is 0. The van der Waals surface area contributed by atoms with Crippen LogP contribution in [-0.2, 0) is 13.6 Å². The molecule has 2 rings (SSSR count). The fourth-order valence-corrected chi connectivity index (χ4v) is 3.83. The molecule has 0 amide bonds. The summed E-state index contributed by atoms with van der Waals surface area (Å²) in [7, 11) is -3.39. The normalized spacial score (nSPS) is 22.9. The van der Waals surface area contributed by atoms with Crippen LogP contribution in [0, 0.1) is 16.7 Å². The van der Waals surface area contributed by atoms with Crippen LogP contribution in [0.1, 0.15) is 25.1 Å². The Bertz CT molecular complexity index is 493. The highest BCUT2D eigenvalue weighted by molar-refractivity contribution is 7.54. The molecular formula is C13H16NO3P. The quantitative estimate of drug-likeness (QED) is 0.767. The van der Waals surface area contributed by atoms with E-state index in [4.69, 9.17) is 9.05 Å². The first-order chi connectivity index (χ1) is 8.47. The summed E-state index contributed by atoms with van der Waals surface area (Å²) < 4.78 is 23.4. The molecule has 1 heterocycles. The summed E-state index contributed by atoms with van der Waals surface area (Å²) >= 11 is 0. The van der Waals surface area contributed by atoms with E-state index in [9.17, 15) is 9.83 Å². The lowest BCUT2D eigenvalue weighted by Crippen LogP contribution is -2.30. The van der Waals surface area contributed by atoms with Gasteiger partial charge in [-0.2, -0.15) is 5.26 Å². The van der Waals surface area contributed by atoms with Crippen LogP contribution in [-0.4, -0.2) is 13.2 Å². The predicted octanol–water partition coefficient (Wildman–Crippen LogP) is 3.52. The second kappa shape index (κ2) is 4.85. The zero-order valence-corrected chi connectivity index (χ0v) is 11.4. The molecule has 1 atom stereocenters. The van der Waals surface area contributed by atoms with Gasteiger partial charge in [-0.25, -0.2) is 0 Å². The van der Waals surface area contributed by atoms with Gasteiger partial charge >= 0.3 is 7.60 Å². The number of nitrogens with zero attached hydrogens (tertiary/aromatic N) is 1. The van der Waals surface area contributed by atoms with E-state index in [1.165, 1.54) is 0 Å². The third-order valence-corrected chi connectivity index (χ3v) is 4.85. The van der Waals surface area contributed by atoms with Crippen molar-refractivity contribution in [2.75, 3.05) is 13.2 Å². The molecule has 5 heteroatoms. The van der Waals surface area contributed by atoms with Gasteiger partial charge in [0.15, 0.2) is 5.66 Å². The van der Waals surface area contributed by atoms with Gasteiger partial charge in [0.05, 0.1) is 19.3 Å². The minimum atomic E-state index is -3.39. The molecule has 0 bridgehead atoms. The van der Waals surface area contributed by atoms with Crippen molar-refractivity contribution in [3.05, 3.63) is 35.9 Å². The largest absolute Gasteiger partial charge is 0.352 e. The zero-order valence-electron chi connectivity index (χ0n) is 10.5. The average molecular weight is 265 g/mol. The lowest BCUT2D eigenvalue weighted by Gasteiger charge is -2.35. The van der Waals surface area contributed by atoms with E-state index >= 15 is 0 Å². The molecule has 0 aromatic heterocycles. The maximum Gasteiger partial charge on any atom is 0.352 e. The molecule has 0 unspecified atom stereocenters. The van der Waals surface area contributed by atoms with E-state index < -0.39 is 13.3 Å². The summed E-state index contributed by atoms with van der Waals surface area (Å²) in [6.45, 7) is 4.63. The van der Waals surface area contributed by atoms with Gasteiger partial charge in [0.25, 0.3) is 0 Å². The third kappa shape index (κ3) is 2.64. The van der Waals surface area contributed by atoms with Crippen molar-refractivity contribution in [1.29, 1.82) is 5.26 Å². The Kier molecular flexibility index (Phi) is 3.59. The predicted molar refractivity (Wildman–Crippen MR) is 68.1 cm³/mol. The molecule has 96 valence electrons. The van der Waals surface area contributed by atoms with Gasteiger partial charge in [-0.05, 0) is 5.56 Å². The van der Waals surface area contributed by atoms with E-state index in [1.54, 1.807) is 24.3 Å². The van der Waals surface area contributed by atoms with Crippen molar-refractivity contribution in [3.63, 3.8) is 0 Å². The molecule has 4 nitrogen and oxygen atoms in total. The molecule has 0 N–H and O–H groups in total. The number of nitriles is 1. The van der Waals surface area contributed by atoms with Crippen LogP contribution in [0.5, 0.6) is 0 Å². The van der Waals surface area contributed by atoms with Crippen LogP contribution in [0.25, 0.3) is 0 Å². The highest BCUT2D eigenvalue weighted by Crippen LogP contribution is 2.63. The monoisotopic (exact) mass is 265 g/mol. The number of benzene rings is 1. The fraction of sp³-hybridized carbons (Fsp3) is 0.462. The Morgan fingerprint density at radius 2 is 1.83 bits per heavy atom. The smallest absolute Gasteiger partial charge is 0.307 e. The van der Waals surface area contributed by atoms with Crippen molar-refractivity contribution in [1.82, 2.24) is 0 Å². The Morgan fingerprint density at radius 1 is 1.28 bits per heavy atom. The second-order valence-corrected chi connectivity index (χ2v) is 7.31. The topological polar surface area (TPSA) is 59.3 Å². The molecule has 1 saturated heterocycles. The van der Waals surface area contributed by atoms with Crippen LogP contribution in [0.15, 0.2) is 30.3 Å². The summed E-state index contributed by atoms with van der Waals surface area (Å²) in [5, 5.41) is 9.24. The van der Waals surface area contributed by atoms with Gasteiger partial charge in [0.2, 0.25) is 0 Å². The Hall–Kier alpha value is -1.14. The van der Waals surface area contributed by atoms with Crippen molar-refractivity contribution in [3.8, 4) is 6.07 Å². The average Bonchev–Trinajstić information content (AvgIpc) is 2.36. The molecule has 1 aliphatic heterocycles. The maximum atomic E-state index is 12.6. The van der Waals surface area contributed by atoms with Crippen molar-refractivity contribution >= 4 is 7.60 Å².